The van der Waals surface area contributed by atoms with E-state index in [-0.39, 0.29) is 21.5 Å². The summed E-state index contributed by atoms with van der Waals surface area (Å²) in [6.45, 7) is 0. The van der Waals surface area contributed by atoms with Crippen molar-refractivity contribution < 1.29 is 23.8 Å². The monoisotopic (exact) mass is 343 g/mol. The van der Waals surface area contributed by atoms with Crippen LogP contribution in [0.25, 0.3) is 0 Å². The van der Waals surface area contributed by atoms with Crippen molar-refractivity contribution in [2.45, 2.75) is 0 Å². The molecule has 0 heterocycles. The molecule has 0 aliphatic heterocycles. The molecule has 7 heteroatoms. The quantitative estimate of drug-likeness (QED) is 0.732. The van der Waals surface area contributed by atoms with E-state index in [9.17, 15) is 18.7 Å². The molecule has 3 N–H and O–H groups in total. The number of benzene rings is 2. The number of phenols is 2. The van der Waals surface area contributed by atoms with Crippen LogP contribution in [0.3, 0.4) is 0 Å². The number of halogens is 3. The molecule has 0 saturated heterocycles. The highest BCUT2D eigenvalue weighted by molar-refractivity contribution is 9.10. The van der Waals surface area contributed by atoms with Crippen LogP contribution in [0.2, 0.25) is 0 Å². The minimum atomic E-state index is -0.830. The second kappa shape index (κ2) is 5.46. The van der Waals surface area contributed by atoms with E-state index in [0.29, 0.717) is 0 Å². The third-order valence-corrected chi connectivity index (χ3v) is 3.09. The van der Waals surface area contributed by atoms with Gasteiger partial charge in [0.15, 0.2) is 0 Å². The van der Waals surface area contributed by atoms with Gasteiger partial charge in [0.1, 0.15) is 23.1 Å². The number of hydrogen-bond acceptors (Lipinski definition) is 3. The molecule has 0 saturated carbocycles. The van der Waals surface area contributed by atoms with Crippen molar-refractivity contribution in [3.8, 4) is 11.5 Å². The number of carbonyl (C=O) groups is 1. The summed E-state index contributed by atoms with van der Waals surface area (Å²) in [5, 5.41) is 20.8. The number of anilines is 1. The van der Waals surface area contributed by atoms with Crippen LogP contribution in [-0.4, -0.2) is 16.1 Å². The summed E-state index contributed by atoms with van der Waals surface area (Å²) in [5.41, 5.74) is -0.534. The highest BCUT2D eigenvalue weighted by Crippen LogP contribution is 2.26. The standard InChI is InChI=1S/C13H8BrF2NO3/c14-8-4-10(16)11(5-9(8)15)17-13(20)7-2-1-6(18)3-12(7)19/h1-5,18-19H,(H,17,20). The van der Waals surface area contributed by atoms with Crippen LogP contribution >= 0.6 is 15.9 Å². The van der Waals surface area contributed by atoms with Gasteiger partial charge in [-0.1, -0.05) is 0 Å². The minimum Gasteiger partial charge on any atom is -0.508 e. The Labute approximate surface area is 120 Å². The van der Waals surface area contributed by atoms with Gasteiger partial charge in [0.2, 0.25) is 0 Å². The fourth-order valence-corrected chi connectivity index (χ4v) is 1.84. The summed E-state index contributed by atoms with van der Waals surface area (Å²) < 4.78 is 26.8. The topological polar surface area (TPSA) is 69.6 Å². The van der Waals surface area contributed by atoms with Crippen LogP contribution in [0.1, 0.15) is 10.4 Å². The summed E-state index contributed by atoms with van der Waals surface area (Å²) in [5.74, 6) is -3.09. The van der Waals surface area contributed by atoms with Crippen molar-refractivity contribution in [1.29, 1.82) is 0 Å². The predicted octanol–water partition coefficient (Wildman–Crippen LogP) is 3.39. The number of rotatable bonds is 2. The first-order valence-electron chi connectivity index (χ1n) is 5.36. The number of aromatic hydroxyl groups is 2. The smallest absolute Gasteiger partial charge is 0.259 e. The van der Waals surface area contributed by atoms with Crippen LogP contribution in [0.5, 0.6) is 11.5 Å². The molecule has 20 heavy (non-hydrogen) atoms. The Morgan fingerprint density at radius 1 is 1.10 bits per heavy atom. The third kappa shape index (κ3) is 2.88. The van der Waals surface area contributed by atoms with Crippen LogP contribution in [0.4, 0.5) is 14.5 Å². The molecule has 0 bridgehead atoms. The van der Waals surface area contributed by atoms with Gasteiger partial charge in [-0.25, -0.2) is 8.78 Å². The normalized spacial score (nSPS) is 10.3. The Bertz CT molecular complexity index is 692. The Morgan fingerprint density at radius 2 is 1.80 bits per heavy atom. The molecule has 0 aliphatic carbocycles. The van der Waals surface area contributed by atoms with Crippen LogP contribution in [0.15, 0.2) is 34.8 Å². The van der Waals surface area contributed by atoms with Crippen LogP contribution in [-0.2, 0) is 0 Å². The van der Waals surface area contributed by atoms with E-state index in [4.69, 9.17) is 5.11 Å². The van der Waals surface area contributed by atoms with Crippen molar-refractivity contribution in [1.82, 2.24) is 0 Å². The Kier molecular flexibility index (Phi) is 3.89. The van der Waals surface area contributed by atoms with E-state index in [1.54, 1.807) is 0 Å². The molecule has 0 atom stereocenters. The SMILES string of the molecule is O=C(Nc1cc(F)c(Br)cc1F)c1ccc(O)cc1O. The molecule has 1 amide bonds. The minimum absolute atomic E-state index is 0.0690. The van der Waals surface area contributed by atoms with Gasteiger partial charge in [-0.2, -0.15) is 0 Å². The van der Waals surface area contributed by atoms with Crippen LogP contribution in [0, 0.1) is 11.6 Å². The van der Waals surface area contributed by atoms with Gasteiger partial charge in [-0.15, -0.1) is 0 Å². The second-order valence-electron chi connectivity index (χ2n) is 3.90. The lowest BCUT2D eigenvalue weighted by atomic mass is 10.1. The number of nitrogens with one attached hydrogen (secondary N) is 1. The van der Waals surface area contributed by atoms with Crippen molar-refractivity contribution in [2.75, 3.05) is 5.32 Å². The van der Waals surface area contributed by atoms with E-state index in [2.05, 4.69) is 21.2 Å². The van der Waals surface area contributed by atoms with Crippen molar-refractivity contribution >= 4 is 27.5 Å². The molecule has 2 aromatic rings. The summed E-state index contributed by atoms with van der Waals surface area (Å²) in [6.07, 6.45) is 0. The molecular weight excluding hydrogens is 336 g/mol. The molecule has 0 fully saturated rings. The first-order chi connectivity index (χ1) is 9.38. The zero-order valence-corrected chi connectivity index (χ0v) is 11.4. The molecule has 104 valence electrons. The number of hydrogen-bond donors (Lipinski definition) is 3. The van der Waals surface area contributed by atoms with Gasteiger partial charge in [0.25, 0.3) is 5.91 Å². The van der Waals surface area contributed by atoms with Gasteiger partial charge < -0.3 is 15.5 Å². The Morgan fingerprint density at radius 3 is 2.45 bits per heavy atom. The van der Waals surface area contributed by atoms with Crippen molar-refractivity contribution in [3.63, 3.8) is 0 Å². The van der Waals surface area contributed by atoms with E-state index in [0.717, 1.165) is 24.3 Å². The highest BCUT2D eigenvalue weighted by Gasteiger charge is 2.15. The van der Waals surface area contributed by atoms with Gasteiger partial charge in [-0.3, -0.25) is 4.79 Å². The summed E-state index contributed by atoms with van der Waals surface area (Å²) >= 11 is 2.82. The zero-order chi connectivity index (χ0) is 14.9. The molecular formula is C13H8BrF2NO3. The number of phenolic OH excluding ortho intramolecular Hbond substituents is 2. The van der Waals surface area contributed by atoms with Gasteiger partial charge in [-0.05, 0) is 34.1 Å². The lowest BCUT2D eigenvalue weighted by Gasteiger charge is -2.09. The average molecular weight is 344 g/mol. The maximum atomic E-state index is 13.6. The fraction of sp³-hybridized carbons (Fsp3) is 0. The molecule has 2 rings (SSSR count). The van der Waals surface area contributed by atoms with E-state index >= 15 is 0 Å². The first kappa shape index (κ1) is 14.3. The molecule has 0 aliphatic rings. The van der Waals surface area contributed by atoms with Gasteiger partial charge >= 0.3 is 0 Å². The third-order valence-electron chi connectivity index (χ3n) is 2.48. The summed E-state index contributed by atoms with van der Waals surface area (Å²) in [6, 6.07) is 5.00. The maximum absolute atomic E-state index is 13.6. The van der Waals surface area contributed by atoms with Gasteiger partial charge in [0.05, 0.1) is 15.7 Å². The van der Waals surface area contributed by atoms with Crippen LogP contribution < -0.4 is 5.32 Å². The molecule has 0 radical (unpaired) electrons. The summed E-state index contributed by atoms with van der Waals surface area (Å²) in [4.78, 5) is 11.8. The lowest BCUT2D eigenvalue weighted by Crippen LogP contribution is -2.13. The molecule has 0 unspecified atom stereocenters. The number of carbonyl (C=O) groups excluding carboxylic acids is 1. The van der Waals surface area contributed by atoms with Gasteiger partial charge in [0, 0.05) is 12.1 Å². The predicted molar refractivity (Wildman–Crippen MR) is 71.8 cm³/mol. The first-order valence-corrected chi connectivity index (χ1v) is 6.15. The van der Waals surface area contributed by atoms with Crippen molar-refractivity contribution in [2.24, 2.45) is 0 Å². The fourth-order valence-electron chi connectivity index (χ4n) is 1.52. The summed E-state index contributed by atoms with van der Waals surface area (Å²) in [7, 11) is 0. The van der Waals surface area contributed by atoms with E-state index in [1.165, 1.54) is 6.07 Å². The molecule has 0 aromatic heterocycles. The average Bonchev–Trinajstić information content (AvgIpc) is 2.35. The largest absolute Gasteiger partial charge is 0.508 e. The molecule has 2 aromatic carbocycles. The molecule has 4 nitrogen and oxygen atoms in total. The maximum Gasteiger partial charge on any atom is 0.259 e. The Balaban J connectivity index is 2.30. The lowest BCUT2D eigenvalue weighted by molar-refractivity contribution is 0.102. The Hall–Kier alpha value is -2.15. The van der Waals surface area contributed by atoms with Crippen molar-refractivity contribution in [3.05, 3.63) is 52.0 Å². The van der Waals surface area contributed by atoms with E-state index < -0.39 is 23.3 Å². The number of amides is 1. The highest BCUT2D eigenvalue weighted by atomic mass is 79.9. The molecule has 0 spiro atoms. The van der Waals surface area contributed by atoms with E-state index in [1.807, 2.05) is 0 Å². The second-order valence-corrected chi connectivity index (χ2v) is 4.76. The zero-order valence-electron chi connectivity index (χ0n) is 9.82.